The Balaban J connectivity index is 2.89. The zero-order valence-corrected chi connectivity index (χ0v) is 13.8. The van der Waals surface area contributed by atoms with Crippen LogP contribution in [0.3, 0.4) is 0 Å². The van der Waals surface area contributed by atoms with E-state index in [1.54, 1.807) is 18.8 Å². The van der Waals surface area contributed by atoms with E-state index in [-0.39, 0.29) is 17.0 Å². The molecule has 0 fully saturated rings. The molecule has 1 N–H and O–H groups in total. The minimum atomic E-state index is -3.48. The highest BCUT2D eigenvalue weighted by Gasteiger charge is 2.27. The number of imidazole rings is 1. The van der Waals surface area contributed by atoms with Crippen molar-refractivity contribution in [1.29, 1.82) is 0 Å². The van der Waals surface area contributed by atoms with Crippen LogP contribution in [0.1, 0.15) is 38.9 Å². The molecule has 0 bridgehead atoms. The van der Waals surface area contributed by atoms with Crippen molar-refractivity contribution in [3.63, 3.8) is 0 Å². The molecule has 19 heavy (non-hydrogen) atoms. The molecule has 0 amide bonds. The average molecular weight is 305 g/mol. The van der Waals surface area contributed by atoms with Crippen LogP contribution < -0.4 is 0 Å². The predicted octanol–water partition coefficient (Wildman–Crippen LogP) is 2.30. The van der Waals surface area contributed by atoms with E-state index in [2.05, 4.69) is 9.97 Å². The first-order valence-electron chi connectivity index (χ1n) is 6.32. The number of aromatic nitrogens is 2. The van der Waals surface area contributed by atoms with E-state index < -0.39 is 10.0 Å². The van der Waals surface area contributed by atoms with E-state index in [1.165, 1.54) is 10.5 Å². The molecule has 110 valence electrons. The Hall–Kier alpha value is -0.530. The van der Waals surface area contributed by atoms with E-state index >= 15 is 0 Å². The average Bonchev–Trinajstić information content (AvgIpc) is 2.85. The quantitative estimate of drug-likeness (QED) is 0.839. The third-order valence-corrected chi connectivity index (χ3v) is 5.66. The number of H-pyrrole nitrogens is 1. The van der Waals surface area contributed by atoms with Crippen LogP contribution in [0.25, 0.3) is 0 Å². The molecule has 1 rings (SSSR count). The van der Waals surface area contributed by atoms with Gasteiger partial charge in [0.1, 0.15) is 5.82 Å². The molecular formula is C12H23N3O2S2. The number of nitrogens with one attached hydrogen (secondary N) is 1. The van der Waals surface area contributed by atoms with E-state index in [0.717, 1.165) is 12.2 Å². The minimum Gasteiger partial charge on any atom is -0.332 e. The zero-order chi connectivity index (χ0) is 14.6. The number of nitrogens with zero attached hydrogens (tertiary/aromatic N) is 2. The van der Waals surface area contributed by atoms with Crippen LogP contribution in [0, 0.1) is 0 Å². The van der Waals surface area contributed by atoms with Crippen molar-refractivity contribution < 1.29 is 8.42 Å². The van der Waals surface area contributed by atoms with Crippen molar-refractivity contribution in [2.75, 3.05) is 19.1 Å². The van der Waals surface area contributed by atoms with Crippen LogP contribution in [0.5, 0.6) is 0 Å². The third-order valence-electron chi connectivity index (χ3n) is 3.14. The number of hydrogen-bond donors (Lipinski definition) is 1. The molecule has 7 heteroatoms. The minimum absolute atomic E-state index is 0.0248. The van der Waals surface area contributed by atoms with E-state index in [4.69, 9.17) is 0 Å². The summed E-state index contributed by atoms with van der Waals surface area (Å²) >= 11 is 1.72. The van der Waals surface area contributed by atoms with Crippen LogP contribution in [-0.2, 0) is 10.0 Å². The topological polar surface area (TPSA) is 66.1 Å². The molecule has 0 unspecified atom stereocenters. The lowest BCUT2D eigenvalue weighted by Gasteiger charge is -2.23. The highest BCUT2D eigenvalue weighted by atomic mass is 32.2. The summed E-state index contributed by atoms with van der Waals surface area (Å²) in [5, 5.41) is 0.176. The summed E-state index contributed by atoms with van der Waals surface area (Å²) in [7, 11) is -1.85. The largest absolute Gasteiger partial charge is 0.332 e. The molecule has 0 saturated carbocycles. The number of thioether (sulfide) groups is 1. The van der Waals surface area contributed by atoms with Crippen molar-refractivity contribution >= 4 is 21.8 Å². The second kappa shape index (κ2) is 6.76. The molecule has 0 aliphatic heterocycles. The van der Waals surface area contributed by atoms with Crippen LogP contribution in [-0.4, -0.2) is 47.8 Å². The molecule has 1 aromatic heterocycles. The van der Waals surface area contributed by atoms with Gasteiger partial charge in [0, 0.05) is 19.0 Å². The van der Waals surface area contributed by atoms with Gasteiger partial charge in [0.25, 0.3) is 10.0 Å². The number of rotatable bonds is 7. The van der Waals surface area contributed by atoms with E-state index in [0.29, 0.717) is 5.82 Å². The molecule has 0 aromatic carbocycles. The van der Waals surface area contributed by atoms with Crippen LogP contribution in [0.4, 0.5) is 0 Å². The first-order chi connectivity index (χ1) is 8.80. The lowest BCUT2D eigenvalue weighted by atomic mass is 10.2. The van der Waals surface area contributed by atoms with E-state index in [9.17, 15) is 8.42 Å². The molecule has 1 aromatic rings. The highest BCUT2D eigenvalue weighted by Crippen LogP contribution is 2.19. The van der Waals surface area contributed by atoms with Gasteiger partial charge in [0.2, 0.25) is 0 Å². The molecule has 0 saturated heterocycles. The summed E-state index contributed by atoms with van der Waals surface area (Å²) in [6.45, 7) is 5.87. The van der Waals surface area contributed by atoms with Crippen molar-refractivity contribution in [3.05, 3.63) is 12.0 Å². The lowest BCUT2D eigenvalue weighted by Crippen LogP contribution is -2.35. The fourth-order valence-corrected chi connectivity index (χ4v) is 3.49. The van der Waals surface area contributed by atoms with Gasteiger partial charge in [0.15, 0.2) is 5.03 Å². The molecule has 1 atom stereocenters. The maximum Gasteiger partial charge on any atom is 0.260 e. The Kier molecular flexibility index (Phi) is 5.88. The fourth-order valence-electron chi connectivity index (χ4n) is 1.61. The number of aromatic amines is 1. The molecule has 0 aliphatic rings. The van der Waals surface area contributed by atoms with Crippen molar-refractivity contribution in [3.8, 4) is 0 Å². The van der Waals surface area contributed by atoms with Gasteiger partial charge in [-0.15, -0.1) is 0 Å². The smallest absolute Gasteiger partial charge is 0.260 e. The second-order valence-corrected chi connectivity index (χ2v) is 7.89. The van der Waals surface area contributed by atoms with Crippen LogP contribution in [0.15, 0.2) is 11.2 Å². The zero-order valence-electron chi connectivity index (χ0n) is 12.2. The van der Waals surface area contributed by atoms with Gasteiger partial charge in [-0.05, 0) is 25.4 Å². The van der Waals surface area contributed by atoms with Crippen molar-refractivity contribution in [2.45, 2.75) is 44.2 Å². The first-order valence-corrected chi connectivity index (χ1v) is 9.16. The maximum absolute atomic E-state index is 12.4. The number of hydrogen-bond acceptors (Lipinski definition) is 4. The Labute approximate surface area is 120 Å². The Morgan fingerprint density at radius 3 is 2.53 bits per heavy atom. The van der Waals surface area contributed by atoms with Gasteiger partial charge in [-0.2, -0.15) is 16.1 Å². The monoisotopic (exact) mass is 305 g/mol. The molecule has 1 heterocycles. The summed E-state index contributed by atoms with van der Waals surface area (Å²) in [6, 6.07) is -0.0248. The van der Waals surface area contributed by atoms with Crippen molar-refractivity contribution in [2.24, 2.45) is 0 Å². The summed E-state index contributed by atoms with van der Waals surface area (Å²) in [5.74, 6) is 1.83. The van der Waals surface area contributed by atoms with Crippen LogP contribution >= 0.6 is 11.8 Å². The third kappa shape index (κ3) is 3.97. The van der Waals surface area contributed by atoms with Gasteiger partial charge in [0.05, 0.1) is 6.20 Å². The summed E-state index contributed by atoms with van der Waals surface area (Å²) < 4.78 is 26.3. The predicted molar refractivity (Wildman–Crippen MR) is 80.1 cm³/mol. The molecule has 0 aliphatic carbocycles. The van der Waals surface area contributed by atoms with Gasteiger partial charge >= 0.3 is 0 Å². The Morgan fingerprint density at radius 2 is 2.05 bits per heavy atom. The SMILES string of the molecule is CSCC[C@@H](C)N(C)S(=O)(=O)c1cnc(C(C)C)[nH]1. The second-order valence-electron chi connectivity index (χ2n) is 4.94. The molecule has 5 nitrogen and oxygen atoms in total. The summed E-state index contributed by atoms with van der Waals surface area (Å²) in [4.78, 5) is 7.02. The van der Waals surface area contributed by atoms with Crippen LogP contribution in [0.2, 0.25) is 0 Å². The summed E-state index contributed by atoms with van der Waals surface area (Å²) in [6.07, 6.45) is 4.26. The fraction of sp³-hybridized carbons (Fsp3) is 0.750. The molecular weight excluding hydrogens is 282 g/mol. The Morgan fingerprint density at radius 1 is 1.42 bits per heavy atom. The number of sulfonamides is 1. The normalized spacial score (nSPS) is 14.3. The lowest BCUT2D eigenvalue weighted by molar-refractivity contribution is 0.381. The van der Waals surface area contributed by atoms with Gasteiger partial charge in [-0.25, -0.2) is 13.4 Å². The van der Waals surface area contributed by atoms with E-state index in [1.807, 2.05) is 27.0 Å². The molecule has 0 spiro atoms. The van der Waals surface area contributed by atoms with Gasteiger partial charge < -0.3 is 4.98 Å². The highest BCUT2D eigenvalue weighted by molar-refractivity contribution is 7.98. The standard InChI is InChI=1S/C12H23N3O2S2/c1-9(2)12-13-8-11(14-12)19(16,17)15(4)10(3)6-7-18-5/h8-10H,6-7H2,1-5H3,(H,13,14)/t10-/m1/s1. The maximum atomic E-state index is 12.4. The molecule has 0 radical (unpaired) electrons. The van der Waals surface area contributed by atoms with Crippen molar-refractivity contribution in [1.82, 2.24) is 14.3 Å². The summed E-state index contributed by atoms with van der Waals surface area (Å²) in [5.41, 5.74) is 0. The van der Waals surface area contributed by atoms with Gasteiger partial charge in [-0.3, -0.25) is 0 Å². The Bertz CT molecular complexity index is 497. The van der Waals surface area contributed by atoms with Gasteiger partial charge in [-0.1, -0.05) is 13.8 Å². The first kappa shape index (κ1) is 16.5.